The lowest BCUT2D eigenvalue weighted by atomic mass is 9.76. The number of hydrogen-bond acceptors (Lipinski definition) is 4. The number of amides is 2. The summed E-state index contributed by atoms with van der Waals surface area (Å²) in [4.78, 5) is 35.6. The molecule has 0 heterocycles. The van der Waals surface area contributed by atoms with Crippen molar-refractivity contribution >= 4 is 29.4 Å². The summed E-state index contributed by atoms with van der Waals surface area (Å²) in [6.07, 6.45) is 0.595. The molecule has 2 rings (SSSR count). The maximum Gasteiger partial charge on any atom is 0.269 e. The summed E-state index contributed by atoms with van der Waals surface area (Å²) in [5, 5.41) is 11.7. The van der Waals surface area contributed by atoms with Gasteiger partial charge in [0.05, 0.1) is 5.92 Å². The van der Waals surface area contributed by atoms with Gasteiger partial charge in [-0.3, -0.25) is 20.4 Å². The zero-order chi connectivity index (χ0) is 17.9. The van der Waals surface area contributed by atoms with Crippen molar-refractivity contribution in [3.63, 3.8) is 0 Å². The summed E-state index contributed by atoms with van der Waals surface area (Å²) >= 11 is 5.81. The van der Waals surface area contributed by atoms with Gasteiger partial charge in [-0.05, 0) is 44.9 Å². The maximum atomic E-state index is 12.3. The van der Waals surface area contributed by atoms with E-state index in [1.165, 1.54) is 6.07 Å². The second-order valence-corrected chi connectivity index (χ2v) is 6.39. The maximum absolute atomic E-state index is 12.3. The van der Waals surface area contributed by atoms with Crippen LogP contribution in [-0.4, -0.2) is 17.8 Å². The molecular formula is C17H18ClN2O4-. The number of hydrogen-bond donors (Lipinski definition) is 2. The third-order valence-electron chi connectivity index (χ3n) is 4.29. The van der Waals surface area contributed by atoms with E-state index in [2.05, 4.69) is 10.9 Å². The molecule has 0 aliphatic heterocycles. The topological polar surface area (TPSA) is 98.3 Å². The first kappa shape index (κ1) is 18.0. The van der Waals surface area contributed by atoms with E-state index in [1.54, 1.807) is 18.2 Å². The van der Waals surface area contributed by atoms with E-state index in [1.807, 2.05) is 13.8 Å². The highest BCUT2D eigenvalue weighted by atomic mass is 35.5. The molecule has 0 saturated carbocycles. The van der Waals surface area contributed by atoms with Crippen molar-refractivity contribution in [2.75, 3.05) is 0 Å². The summed E-state index contributed by atoms with van der Waals surface area (Å²) in [6, 6.07) is 6.25. The van der Waals surface area contributed by atoms with Crippen LogP contribution in [0.1, 0.15) is 37.0 Å². The highest BCUT2D eigenvalue weighted by Gasteiger charge is 2.33. The van der Waals surface area contributed by atoms with E-state index < -0.39 is 29.6 Å². The van der Waals surface area contributed by atoms with Crippen LogP contribution in [0.5, 0.6) is 0 Å². The molecule has 1 aromatic carbocycles. The predicted molar refractivity (Wildman–Crippen MR) is 86.7 cm³/mol. The van der Waals surface area contributed by atoms with E-state index in [4.69, 9.17) is 11.6 Å². The van der Waals surface area contributed by atoms with Crippen molar-refractivity contribution in [2.45, 2.75) is 26.7 Å². The molecule has 0 saturated heterocycles. The van der Waals surface area contributed by atoms with Gasteiger partial charge in [0.2, 0.25) is 5.91 Å². The number of carbonyl (C=O) groups is 3. The number of allylic oxidation sites excluding steroid dienone is 2. The van der Waals surface area contributed by atoms with Crippen molar-refractivity contribution < 1.29 is 19.5 Å². The number of carbonyl (C=O) groups excluding carboxylic acids is 3. The lowest BCUT2D eigenvalue weighted by Gasteiger charge is -2.32. The highest BCUT2D eigenvalue weighted by Crippen LogP contribution is 2.33. The molecule has 7 heteroatoms. The Hall–Kier alpha value is -2.34. The van der Waals surface area contributed by atoms with Crippen molar-refractivity contribution in [1.29, 1.82) is 0 Å². The second kappa shape index (κ2) is 7.49. The normalized spacial score (nSPS) is 20.5. The molecule has 2 atom stereocenters. The Morgan fingerprint density at radius 3 is 2.29 bits per heavy atom. The molecule has 24 heavy (non-hydrogen) atoms. The van der Waals surface area contributed by atoms with Gasteiger partial charge in [-0.25, -0.2) is 0 Å². The molecule has 6 nitrogen and oxygen atoms in total. The summed E-state index contributed by atoms with van der Waals surface area (Å²) < 4.78 is 0. The first-order valence-corrected chi connectivity index (χ1v) is 7.89. The minimum absolute atomic E-state index is 0.272. The van der Waals surface area contributed by atoms with Gasteiger partial charge in [0.25, 0.3) is 5.91 Å². The van der Waals surface area contributed by atoms with Crippen LogP contribution >= 0.6 is 11.6 Å². The van der Waals surface area contributed by atoms with Gasteiger partial charge in [0, 0.05) is 22.5 Å². The Morgan fingerprint density at radius 2 is 1.71 bits per heavy atom. The highest BCUT2D eigenvalue weighted by molar-refractivity contribution is 6.30. The van der Waals surface area contributed by atoms with E-state index in [-0.39, 0.29) is 12.0 Å². The number of benzene rings is 1. The molecule has 1 aliphatic carbocycles. The zero-order valence-corrected chi connectivity index (χ0v) is 14.1. The van der Waals surface area contributed by atoms with Crippen LogP contribution in [-0.2, 0) is 9.59 Å². The molecule has 0 radical (unpaired) electrons. The molecule has 1 aromatic rings. The van der Waals surface area contributed by atoms with Crippen LogP contribution < -0.4 is 16.0 Å². The average molecular weight is 350 g/mol. The van der Waals surface area contributed by atoms with Gasteiger partial charge in [-0.2, -0.15) is 0 Å². The van der Waals surface area contributed by atoms with E-state index in [9.17, 15) is 19.5 Å². The Bertz CT molecular complexity index is 714. The molecular weight excluding hydrogens is 332 g/mol. The van der Waals surface area contributed by atoms with Crippen LogP contribution in [0.15, 0.2) is 35.4 Å². The predicted octanol–water partition coefficient (Wildman–Crippen LogP) is 1.21. The first-order valence-electron chi connectivity index (χ1n) is 7.51. The fraction of sp³-hybridized carbons (Fsp3) is 0.353. The fourth-order valence-corrected chi connectivity index (χ4v) is 2.92. The minimum atomic E-state index is -1.26. The van der Waals surface area contributed by atoms with Gasteiger partial charge in [0.15, 0.2) is 0 Å². The number of rotatable bonds is 3. The Morgan fingerprint density at radius 1 is 1.08 bits per heavy atom. The molecule has 0 bridgehead atoms. The number of nitrogens with one attached hydrogen (secondary N) is 2. The van der Waals surface area contributed by atoms with Crippen molar-refractivity contribution in [3.05, 3.63) is 46.0 Å². The molecule has 2 amide bonds. The number of aliphatic carboxylic acids is 1. The van der Waals surface area contributed by atoms with Gasteiger partial charge < -0.3 is 9.90 Å². The monoisotopic (exact) mass is 349 g/mol. The van der Waals surface area contributed by atoms with Crippen molar-refractivity contribution in [1.82, 2.24) is 10.9 Å². The van der Waals surface area contributed by atoms with Crippen LogP contribution in [0, 0.1) is 11.8 Å². The van der Waals surface area contributed by atoms with Gasteiger partial charge in [-0.15, -0.1) is 0 Å². The summed E-state index contributed by atoms with van der Waals surface area (Å²) in [5.41, 5.74) is 6.80. The molecule has 2 N–H and O–H groups in total. The average Bonchev–Trinajstić information content (AvgIpc) is 2.54. The molecule has 128 valence electrons. The van der Waals surface area contributed by atoms with Crippen LogP contribution in [0.2, 0.25) is 5.02 Å². The summed E-state index contributed by atoms with van der Waals surface area (Å²) in [7, 11) is 0. The standard InChI is InChI=1S/C17H19ClN2O4/c1-9-6-13(14(17(23)24)7-10(9)2)16(22)20-19-15(21)11-4-3-5-12(18)8-11/h3-5,8,13-14H,6-7H2,1-2H3,(H,19,21)(H,20,22)(H,23,24)/p-1. The lowest BCUT2D eigenvalue weighted by molar-refractivity contribution is -0.313. The van der Waals surface area contributed by atoms with Crippen molar-refractivity contribution in [3.8, 4) is 0 Å². The van der Waals surface area contributed by atoms with Crippen LogP contribution in [0.4, 0.5) is 0 Å². The number of halogens is 1. The smallest absolute Gasteiger partial charge is 0.269 e. The Labute approximate surface area is 144 Å². The van der Waals surface area contributed by atoms with Crippen molar-refractivity contribution in [2.24, 2.45) is 11.8 Å². The van der Waals surface area contributed by atoms with E-state index in [0.717, 1.165) is 11.1 Å². The fourth-order valence-electron chi connectivity index (χ4n) is 2.73. The Kier molecular flexibility index (Phi) is 5.62. The third kappa shape index (κ3) is 4.14. The Balaban J connectivity index is 2.03. The summed E-state index contributed by atoms with van der Waals surface area (Å²) in [6.45, 7) is 3.71. The second-order valence-electron chi connectivity index (χ2n) is 5.95. The SMILES string of the molecule is CC1=C(C)CC(C(=O)NNC(=O)c2cccc(Cl)c2)C(C(=O)[O-])C1. The molecule has 1 aliphatic rings. The molecule has 0 aromatic heterocycles. The van der Waals surface area contributed by atoms with Crippen LogP contribution in [0.3, 0.4) is 0 Å². The molecule has 0 fully saturated rings. The number of hydrazine groups is 1. The lowest BCUT2D eigenvalue weighted by Crippen LogP contribution is -2.49. The number of carboxylic acid groups (broad SMARTS) is 1. The van der Waals surface area contributed by atoms with Gasteiger partial charge >= 0.3 is 0 Å². The molecule has 0 spiro atoms. The quantitative estimate of drug-likeness (QED) is 0.633. The summed E-state index contributed by atoms with van der Waals surface area (Å²) in [5.74, 6) is -4.03. The van der Waals surface area contributed by atoms with Gasteiger partial charge in [0.1, 0.15) is 0 Å². The third-order valence-corrected chi connectivity index (χ3v) is 4.53. The largest absolute Gasteiger partial charge is 0.550 e. The zero-order valence-electron chi connectivity index (χ0n) is 13.4. The van der Waals surface area contributed by atoms with Crippen LogP contribution in [0.25, 0.3) is 0 Å². The van der Waals surface area contributed by atoms with E-state index in [0.29, 0.717) is 11.4 Å². The number of carboxylic acids is 1. The minimum Gasteiger partial charge on any atom is -0.550 e. The van der Waals surface area contributed by atoms with Gasteiger partial charge in [-0.1, -0.05) is 28.8 Å². The van der Waals surface area contributed by atoms with E-state index >= 15 is 0 Å². The molecule has 2 unspecified atom stereocenters. The first-order chi connectivity index (χ1) is 11.3.